The third-order valence-electron chi connectivity index (χ3n) is 6.24. The van der Waals surface area contributed by atoms with Gasteiger partial charge in [0.25, 0.3) is 5.56 Å². The molecule has 0 aliphatic heterocycles. The average Bonchev–Trinajstić information content (AvgIpc) is 3.14. The van der Waals surface area contributed by atoms with E-state index in [1.165, 1.54) is 11.1 Å². The van der Waals surface area contributed by atoms with Crippen LogP contribution in [0.3, 0.4) is 0 Å². The summed E-state index contributed by atoms with van der Waals surface area (Å²) in [6.07, 6.45) is 1.57. The van der Waals surface area contributed by atoms with Crippen LogP contribution in [0.4, 0.5) is 5.82 Å². The summed E-state index contributed by atoms with van der Waals surface area (Å²) in [6.45, 7) is 6.69. The molecule has 0 fully saturated rings. The molecule has 1 aromatic heterocycles. The van der Waals surface area contributed by atoms with Gasteiger partial charge in [-0.2, -0.15) is 0 Å². The van der Waals surface area contributed by atoms with Crippen molar-refractivity contribution in [2.45, 2.75) is 45.8 Å². The van der Waals surface area contributed by atoms with Gasteiger partial charge in [-0.1, -0.05) is 31.2 Å². The predicted octanol–water partition coefficient (Wildman–Crippen LogP) is 4.44. The Bertz CT molecular complexity index is 1190. The second-order valence-corrected chi connectivity index (χ2v) is 8.17. The van der Waals surface area contributed by atoms with Gasteiger partial charge in [-0.05, 0) is 55.2 Å². The monoisotopic (exact) mass is 433 g/mol. The maximum atomic E-state index is 13.4. The number of anilines is 1. The van der Waals surface area contributed by atoms with E-state index in [9.17, 15) is 4.79 Å². The highest BCUT2D eigenvalue weighted by Crippen LogP contribution is 2.36. The number of nitrogens with one attached hydrogen (secondary N) is 1. The second kappa shape index (κ2) is 9.17. The van der Waals surface area contributed by atoms with Gasteiger partial charge in [-0.25, -0.2) is 4.98 Å². The molecule has 1 N–H and O–H groups in total. The summed E-state index contributed by atoms with van der Waals surface area (Å²) in [5.74, 6) is 1.51. The fourth-order valence-corrected chi connectivity index (χ4v) is 4.57. The summed E-state index contributed by atoms with van der Waals surface area (Å²) < 4.78 is 13.1. The van der Waals surface area contributed by atoms with E-state index in [4.69, 9.17) is 14.5 Å². The molecule has 32 heavy (non-hydrogen) atoms. The molecule has 0 amide bonds. The van der Waals surface area contributed by atoms with Crippen molar-refractivity contribution in [2.75, 3.05) is 19.0 Å². The lowest BCUT2D eigenvalue weighted by molar-refractivity contribution is 0.0572. The van der Waals surface area contributed by atoms with Crippen molar-refractivity contribution in [3.63, 3.8) is 0 Å². The number of aromatic nitrogens is 2. The van der Waals surface area contributed by atoms with Crippen molar-refractivity contribution in [3.8, 4) is 17.0 Å². The highest BCUT2D eigenvalue weighted by atomic mass is 16.5. The van der Waals surface area contributed by atoms with E-state index in [0.29, 0.717) is 18.7 Å². The van der Waals surface area contributed by atoms with Gasteiger partial charge in [-0.15, -0.1) is 0 Å². The highest BCUT2D eigenvalue weighted by Gasteiger charge is 2.34. The molecule has 0 radical (unpaired) electrons. The molecule has 6 heteroatoms. The maximum absolute atomic E-state index is 13.4. The van der Waals surface area contributed by atoms with Gasteiger partial charge in [0.1, 0.15) is 17.3 Å². The molecule has 168 valence electrons. The molecule has 0 bridgehead atoms. The molecule has 6 nitrogen and oxygen atoms in total. The predicted molar refractivity (Wildman–Crippen MR) is 128 cm³/mol. The number of ether oxygens (including phenoxy) is 2. The van der Waals surface area contributed by atoms with Crippen LogP contribution in [-0.4, -0.2) is 29.4 Å². The summed E-state index contributed by atoms with van der Waals surface area (Å²) in [6, 6.07) is 14.1. The van der Waals surface area contributed by atoms with E-state index in [2.05, 4.69) is 36.5 Å². The minimum atomic E-state index is -0.128. The number of rotatable bonds is 7. The first kappa shape index (κ1) is 22.1. The Kier molecular flexibility index (Phi) is 6.33. The molecule has 1 unspecified atom stereocenters. The first-order chi connectivity index (χ1) is 15.5. The lowest BCUT2D eigenvalue weighted by Gasteiger charge is -2.25. The molecule has 3 aromatic rings. The second-order valence-electron chi connectivity index (χ2n) is 8.17. The van der Waals surface area contributed by atoms with Crippen molar-refractivity contribution in [1.82, 2.24) is 9.55 Å². The Balaban J connectivity index is 1.78. The van der Waals surface area contributed by atoms with Crippen LogP contribution in [0.25, 0.3) is 11.3 Å². The van der Waals surface area contributed by atoms with Crippen LogP contribution in [-0.2, 0) is 24.6 Å². The molecular formula is C26H31N3O3. The Hall–Kier alpha value is -3.12. The first-order valence-corrected chi connectivity index (χ1v) is 11.2. The number of nitrogens with zero attached hydrogens (tertiary/aromatic N) is 2. The first-order valence-electron chi connectivity index (χ1n) is 11.2. The summed E-state index contributed by atoms with van der Waals surface area (Å²) in [7, 11) is 3.45. The van der Waals surface area contributed by atoms with Crippen LogP contribution in [0.5, 0.6) is 5.75 Å². The fraction of sp³-hybridized carbons (Fsp3) is 0.385. The van der Waals surface area contributed by atoms with E-state index in [-0.39, 0.29) is 17.7 Å². The molecule has 1 heterocycles. The molecule has 0 spiro atoms. The largest absolute Gasteiger partial charge is 0.497 e. The number of aryl methyl sites for hydroxylation is 2. The zero-order valence-corrected chi connectivity index (χ0v) is 19.4. The minimum absolute atomic E-state index is 0.0146. The van der Waals surface area contributed by atoms with Gasteiger partial charge in [-0.3, -0.25) is 9.36 Å². The van der Waals surface area contributed by atoms with Gasteiger partial charge in [0.05, 0.1) is 24.9 Å². The van der Waals surface area contributed by atoms with Crippen molar-refractivity contribution < 1.29 is 9.47 Å². The highest BCUT2D eigenvalue weighted by molar-refractivity contribution is 5.65. The Morgan fingerprint density at radius 2 is 1.97 bits per heavy atom. The van der Waals surface area contributed by atoms with Gasteiger partial charge in [0.15, 0.2) is 0 Å². The quantitative estimate of drug-likeness (QED) is 0.597. The molecule has 4 rings (SSSR count). The molecular weight excluding hydrogens is 402 g/mol. The van der Waals surface area contributed by atoms with Crippen LogP contribution in [0, 0.1) is 6.92 Å². The third-order valence-corrected chi connectivity index (χ3v) is 6.24. The third kappa shape index (κ3) is 3.91. The summed E-state index contributed by atoms with van der Waals surface area (Å²) in [5, 5.41) is 3.63. The van der Waals surface area contributed by atoms with Gasteiger partial charge >= 0.3 is 0 Å². The number of methoxy groups -OCH3 is 1. The Morgan fingerprint density at radius 3 is 2.66 bits per heavy atom. The molecule has 2 aromatic carbocycles. The van der Waals surface area contributed by atoms with Crippen molar-refractivity contribution >= 4 is 5.82 Å². The average molecular weight is 434 g/mol. The van der Waals surface area contributed by atoms with E-state index in [1.54, 1.807) is 11.7 Å². The molecule has 0 saturated heterocycles. The van der Waals surface area contributed by atoms with Crippen LogP contribution in [0.15, 0.2) is 47.3 Å². The maximum Gasteiger partial charge on any atom is 0.278 e. The normalized spacial score (nSPS) is 17.3. The summed E-state index contributed by atoms with van der Waals surface area (Å²) in [4.78, 5) is 18.2. The van der Waals surface area contributed by atoms with Gasteiger partial charge in [0.2, 0.25) is 0 Å². The zero-order valence-electron chi connectivity index (χ0n) is 19.4. The van der Waals surface area contributed by atoms with E-state index in [1.807, 2.05) is 39.1 Å². The number of benzene rings is 2. The van der Waals surface area contributed by atoms with E-state index < -0.39 is 0 Å². The lowest BCUT2D eigenvalue weighted by Crippen LogP contribution is -2.31. The number of hydrogen-bond acceptors (Lipinski definition) is 5. The topological polar surface area (TPSA) is 65.4 Å². The number of hydrogen-bond donors (Lipinski definition) is 1. The minimum Gasteiger partial charge on any atom is -0.497 e. The van der Waals surface area contributed by atoms with Gasteiger partial charge < -0.3 is 14.8 Å². The number of fused-ring (bicyclic) bond motifs is 1. The van der Waals surface area contributed by atoms with E-state index in [0.717, 1.165) is 34.8 Å². The van der Waals surface area contributed by atoms with Gasteiger partial charge in [0, 0.05) is 25.6 Å². The SMILES string of the molecule is CCO[C@H]1Cc2ccccc2C1Nc1c(CC)nc(-c2ccc(OC)cc2C)c(=O)n1C. The van der Waals surface area contributed by atoms with Crippen LogP contribution >= 0.6 is 0 Å². The Morgan fingerprint density at radius 1 is 1.19 bits per heavy atom. The van der Waals surface area contributed by atoms with Crippen molar-refractivity contribution in [2.24, 2.45) is 7.05 Å². The zero-order chi connectivity index (χ0) is 22.8. The van der Waals surface area contributed by atoms with Crippen LogP contribution in [0.2, 0.25) is 0 Å². The van der Waals surface area contributed by atoms with E-state index >= 15 is 0 Å². The molecule has 2 atom stereocenters. The standard InChI is InChI=1S/C26H31N3O3/c1-6-21-25(28-23-20-11-9-8-10-17(20)15-22(23)32-7-2)29(4)26(30)24(27-21)19-13-12-18(31-5)14-16(19)3/h8-14,22-23,28H,6-7,15H2,1-5H3/t22-,23?/m0/s1. The van der Waals surface area contributed by atoms with Crippen molar-refractivity contribution in [1.29, 1.82) is 0 Å². The fourth-order valence-electron chi connectivity index (χ4n) is 4.57. The van der Waals surface area contributed by atoms with Crippen LogP contribution < -0.4 is 15.6 Å². The molecule has 1 aliphatic carbocycles. The summed E-state index contributed by atoms with van der Waals surface area (Å²) in [5.41, 5.74) is 5.47. The molecule has 1 aliphatic rings. The Labute approximate surface area is 189 Å². The molecule has 0 saturated carbocycles. The smallest absolute Gasteiger partial charge is 0.278 e. The van der Waals surface area contributed by atoms with Crippen molar-refractivity contribution in [3.05, 3.63) is 75.2 Å². The lowest BCUT2D eigenvalue weighted by atomic mass is 10.0. The summed E-state index contributed by atoms with van der Waals surface area (Å²) >= 11 is 0. The van der Waals surface area contributed by atoms with Crippen LogP contribution in [0.1, 0.15) is 42.3 Å².